The van der Waals surface area contributed by atoms with Crippen LogP contribution < -0.4 is 15.5 Å². The second-order valence-corrected chi connectivity index (χ2v) is 8.57. The largest absolute Gasteiger partial charge is 0.459 e. The van der Waals surface area contributed by atoms with Crippen LogP contribution in [0.25, 0.3) is 0 Å². The van der Waals surface area contributed by atoms with Crippen LogP contribution in [-0.2, 0) is 0 Å². The minimum absolute atomic E-state index is 0.155. The fourth-order valence-corrected chi connectivity index (χ4v) is 3.59. The van der Waals surface area contributed by atoms with Crippen molar-refractivity contribution >= 4 is 45.6 Å². The maximum absolute atomic E-state index is 12.6. The lowest BCUT2D eigenvalue weighted by molar-refractivity contribution is 0.0733. The van der Waals surface area contributed by atoms with Gasteiger partial charge in [-0.3, -0.25) is 9.59 Å². The van der Waals surface area contributed by atoms with Crippen LogP contribution in [0.5, 0.6) is 5.75 Å². The first-order chi connectivity index (χ1) is 17.4. The monoisotopic (exact) mass is 545 g/mol. The van der Waals surface area contributed by atoms with E-state index in [2.05, 4.69) is 31.8 Å². The summed E-state index contributed by atoms with van der Waals surface area (Å²) in [5, 5.41) is 6.67. The zero-order valence-corrected chi connectivity index (χ0v) is 20.6. The smallest absolute Gasteiger partial charge is 0.343 e. The van der Waals surface area contributed by atoms with E-state index in [0.717, 1.165) is 10.0 Å². The van der Waals surface area contributed by atoms with E-state index in [1.807, 2.05) is 13.0 Å². The van der Waals surface area contributed by atoms with Gasteiger partial charge in [-0.25, -0.2) is 10.2 Å². The van der Waals surface area contributed by atoms with Gasteiger partial charge in [-0.2, -0.15) is 5.10 Å². The number of rotatable bonds is 7. The summed E-state index contributed by atoms with van der Waals surface area (Å²) < 4.78 is 11.4. The van der Waals surface area contributed by atoms with Gasteiger partial charge < -0.3 is 14.5 Å². The number of nitrogens with zero attached hydrogens (tertiary/aromatic N) is 1. The average molecular weight is 546 g/mol. The topological polar surface area (TPSA) is 110 Å². The van der Waals surface area contributed by atoms with Crippen molar-refractivity contribution in [3.8, 4) is 5.75 Å². The second-order valence-electron chi connectivity index (χ2n) is 7.65. The van der Waals surface area contributed by atoms with Gasteiger partial charge in [0.1, 0.15) is 5.75 Å². The van der Waals surface area contributed by atoms with Gasteiger partial charge in [-0.1, -0.05) is 39.7 Å². The van der Waals surface area contributed by atoms with Crippen LogP contribution in [0.3, 0.4) is 0 Å². The number of nitrogens with one attached hydrogen (secondary N) is 2. The van der Waals surface area contributed by atoms with Crippen LogP contribution in [0.4, 0.5) is 5.69 Å². The Kier molecular flexibility index (Phi) is 7.72. The fourth-order valence-electron chi connectivity index (χ4n) is 3.21. The predicted octanol–water partition coefficient (Wildman–Crippen LogP) is 5.59. The number of hydrogen-bond acceptors (Lipinski definition) is 6. The Balaban J connectivity index is 1.43. The number of carbonyl (C=O) groups is 3. The first-order valence-corrected chi connectivity index (χ1v) is 11.5. The van der Waals surface area contributed by atoms with Crippen molar-refractivity contribution < 1.29 is 23.5 Å². The molecule has 0 fully saturated rings. The number of carbonyl (C=O) groups excluding carboxylic acids is 3. The number of halogens is 1. The number of furan rings is 1. The van der Waals surface area contributed by atoms with Crippen LogP contribution in [0, 0.1) is 6.92 Å². The fraction of sp³-hybridized carbons (Fsp3) is 0.0370. The number of amides is 2. The molecule has 0 spiro atoms. The first kappa shape index (κ1) is 24.6. The quantitative estimate of drug-likeness (QED) is 0.136. The van der Waals surface area contributed by atoms with Gasteiger partial charge in [-0.15, -0.1) is 0 Å². The highest BCUT2D eigenvalue weighted by Gasteiger charge is 2.13. The molecule has 2 amide bonds. The Morgan fingerprint density at radius 3 is 2.50 bits per heavy atom. The number of benzene rings is 3. The molecule has 4 aromatic rings. The maximum atomic E-state index is 12.6. The maximum Gasteiger partial charge on any atom is 0.343 e. The summed E-state index contributed by atoms with van der Waals surface area (Å²) in [6, 6.07) is 21.7. The van der Waals surface area contributed by atoms with E-state index in [0.29, 0.717) is 16.8 Å². The number of hydrazone groups is 1. The van der Waals surface area contributed by atoms with E-state index in [1.165, 1.54) is 24.6 Å². The molecule has 0 radical (unpaired) electrons. The normalized spacial score (nSPS) is 10.7. The molecule has 8 nitrogen and oxygen atoms in total. The molecule has 0 saturated carbocycles. The Bertz CT molecular complexity index is 1450. The molecule has 2 N–H and O–H groups in total. The van der Waals surface area contributed by atoms with E-state index in [4.69, 9.17) is 9.15 Å². The summed E-state index contributed by atoms with van der Waals surface area (Å²) in [5.41, 5.74) is 4.98. The molecular formula is C27H20BrN3O5. The van der Waals surface area contributed by atoms with Gasteiger partial charge in [-0.05, 0) is 67.6 Å². The number of hydrogen-bond donors (Lipinski definition) is 2. The van der Waals surface area contributed by atoms with E-state index in [9.17, 15) is 14.4 Å². The standard InChI is InChI=1S/C27H20BrN3O5/c1-17-5-2-7-19(13-17)27(34)36-23-11-10-21(28)14-20(23)16-29-31-25(32)18-6-3-8-22(15-18)30-26(33)24-9-4-12-35-24/h2-16H,1H3,(H,30,33)(H,31,32). The highest BCUT2D eigenvalue weighted by Crippen LogP contribution is 2.23. The summed E-state index contributed by atoms with van der Waals surface area (Å²) in [6.07, 6.45) is 2.78. The van der Waals surface area contributed by atoms with Crippen molar-refractivity contribution in [1.29, 1.82) is 0 Å². The first-order valence-electron chi connectivity index (χ1n) is 10.8. The lowest BCUT2D eigenvalue weighted by atomic mass is 10.1. The minimum atomic E-state index is -0.506. The number of aryl methyl sites for hydroxylation is 1. The molecule has 36 heavy (non-hydrogen) atoms. The Labute approximate surface area is 215 Å². The Morgan fingerprint density at radius 2 is 1.72 bits per heavy atom. The zero-order valence-electron chi connectivity index (χ0n) is 19.0. The Morgan fingerprint density at radius 1 is 0.917 bits per heavy atom. The molecule has 1 aromatic heterocycles. The Hall–Kier alpha value is -4.50. The lowest BCUT2D eigenvalue weighted by Crippen LogP contribution is -2.18. The molecule has 180 valence electrons. The predicted molar refractivity (Wildman–Crippen MR) is 138 cm³/mol. The van der Waals surface area contributed by atoms with E-state index < -0.39 is 17.8 Å². The number of anilines is 1. The summed E-state index contributed by atoms with van der Waals surface area (Å²) >= 11 is 3.39. The average Bonchev–Trinajstić information content (AvgIpc) is 3.41. The van der Waals surface area contributed by atoms with Gasteiger partial charge in [0, 0.05) is 21.3 Å². The molecule has 0 atom stereocenters. The van der Waals surface area contributed by atoms with Gasteiger partial charge in [0.15, 0.2) is 5.76 Å². The molecule has 0 aliphatic carbocycles. The molecule has 0 unspecified atom stereocenters. The van der Waals surface area contributed by atoms with Gasteiger partial charge in [0.25, 0.3) is 11.8 Å². The summed E-state index contributed by atoms with van der Waals surface area (Å²) in [7, 11) is 0. The summed E-state index contributed by atoms with van der Waals surface area (Å²) in [6.45, 7) is 1.89. The molecule has 4 rings (SSSR count). The zero-order chi connectivity index (χ0) is 25.5. The van der Waals surface area contributed by atoms with Crippen LogP contribution in [0.2, 0.25) is 0 Å². The van der Waals surface area contributed by atoms with Crippen molar-refractivity contribution in [2.24, 2.45) is 5.10 Å². The van der Waals surface area contributed by atoms with Gasteiger partial charge in [0.05, 0.1) is 18.0 Å². The van der Waals surface area contributed by atoms with E-state index in [-0.39, 0.29) is 17.1 Å². The molecule has 0 aliphatic rings. The third-order valence-electron chi connectivity index (χ3n) is 4.93. The van der Waals surface area contributed by atoms with Crippen molar-refractivity contribution in [3.05, 3.63) is 118 Å². The van der Waals surface area contributed by atoms with Crippen LogP contribution in [0.15, 0.2) is 99.1 Å². The molecule has 0 aliphatic heterocycles. The van der Waals surface area contributed by atoms with E-state index in [1.54, 1.807) is 60.7 Å². The third kappa shape index (κ3) is 6.34. The molecule has 1 heterocycles. The number of esters is 1. The molecule has 0 saturated heterocycles. The van der Waals surface area contributed by atoms with Crippen molar-refractivity contribution in [2.45, 2.75) is 6.92 Å². The highest BCUT2D eigenvalue weighted by atomic mass is 79.9. The summed E-state index contributed by atoms with van der Waals surface area (Å²) in [5.74, 6) is -0.993. The van der Waals surface area contributed by atoms with E-state index >= 15 is 0 Å². The van der Waals surface area contributed by atoms with Gasteiger partial charge >= 0.3 is 5.97 Å². The third-order valence-corrected chi connectivity index (χ3v) is 5.42. The minimum Gasteiger partial charge on any atom is -0.459 e. The SMILES string of the molecule is Cc1cccc(C(=O)Oc2ccc(Br)cc2C=NNC(=O)c2cccc(NC(=O)c3ccco3)c2)c1. The molecule has 0 bridgehead atoms. The number of ether oxygens (including phenoxy) is 1. The molecule has 3 aromatic carbocycles. The van der Waals surface area contributed by atoms with Crippen LogP contribution in [-0.4, -0.2) is 24.0 Å². The molecule has 9 heteroatoms. The molecular weight excluding hydrogens is 526 g/mol. The van der Waals surface area contributed by atoms with Crippen LogP contribution >= 0.6 is 15.9 Å². The van der Waals surface area contributed by atoms with Crippen LogP contribution in [0.1, 0.15) is 42.4 Å². The van der Waals surface area contributed by atoms with Crippen molar-refractivity contribution in [3.63, 3.8) is 0 Å². The van der Waals surface area contributed by atoms with Crippen molar-refractivity contribution in [1.82, 2.24) is 5.43 Å². The van der Waals surface area contributed by atoms with Crippen molar-refractivity contribution in [2.75, 3.05) is 5.32 Å². The summed E-state index contributed by atoms with van der Waals surface area (Å²) in [4.78, 5) is 37.3. The lowest BCUT2D eigenvalue weighted by Gasteiger charge is -2.09. The highest BCUT2D eigenvalue weighted by molar-refractivity contribution is 9.10. The van der Waals surface area contributed by atoms with Gasteiger partial charge in [0.2, 0.25) is 0 Å². The second kappa shape index (κ2) is 11.3.